The Bertz CT molecular complexity index is 422. The maximum absolute atomic E-state index is 11.4. The van der Waals surface area contributed by atoms with Gasteiger partial charge < -0.3 is 24.3 Å². The van der Waals surface area contributed by atoms with Crippen molar-refractivity contribution in [1.29, 1.82) is 0 Å². The lowest BCUT2D eigenvalue weighted by Crippen LogP contribution is -2.24. The number of alkyl carbamates (subject to hydrolysis) is 1. The average molecular weight is 283 g/mol. The van der Waals surface area contributed by atoms with Crippen LogP contribution >= 0.6 is 0 Å². The van der Waals surface area contributed by atoms with E-state index in [1.807, 2.05) is 6.92 Å². The van der Waals surface area contributed by atoms with Crippen molar-refractivity contribution in [2.45, 2.75) is 20.0 Å². The van der Waals surface area contributed by atoms with E-state index in [1.54, 1.807) is 12.1 Å². The normalized spacial score (nSPS) is 9.80. The largest absolute Gasteiger partial charge is 0.493 e. The summed E-state index contributed by atoms with van der Waals surface area (Å²) in [7, 11) is 4.61. The molecule has 0 unspecified atom stereocenters. The van der Waals surface area contributed by atoms with Gasteiger partial charge in [0.05, 0.1) is 21.3 Å². The van der Waals surface area contributed by atoms with Crippen molar-refractivity contribution < 1.29 is 23.7 Å². The number of carbonyl (C=O) groups is 1. The lowest BCUT2D eigenvalue weighted by atomic mass is 10.2. The van der Waals surface area contributed by atoms with Crippen molar-refractivity contribution in [3.05, 3.63) is 17.7 Å². The highest BCUT2D eigenvalue weighted by molar-refractivity contribution is 5.67. The standard InChI is InChI=1S/C14H21NO5/c1-5-6-15-14(16)20-9-10-7-11(17-2)13(19-4)12(8-10)18-3/h7-8H,5-6,9H2,1-4H3,(H,15,16). The van der Waals surface area contributed by atoms with Gasteiger partial charge in [-0.25, -0.2) is 4.79 Å². The predicted molar refractivity (Wildman–Crippen MR) is 74.6 cm³/mol. The van der Waals surface area contributed by atoms with Crippen molar-refractivity contribution in [2.24, 2.45) is 0 Å². The molecule has 112 valence electrons. The molecule has 0 heterocycles. The second kappa shape index (κ2) is 8.14. The first-order chi connectivity index (χ1) is 9.65. The molecule has 1 rings (SSSR count). The predicted octanol–water partition coefficient (Wildman–Crippen LogP) is 2.35. The van der Waals surface area contributed by atoms with E-state index in [9.17, 15) is 4.79 Å². The Kier molecular flexibility index (Phi) is 6.49. The topological polar surface area (TPSA) is 66.0 Å². The van der Waals surface area contributed by atoms with Crippen molar-refractivity contribution in [3.8, 4) is 17.2 Å². The zero-order chi connectivity index (χ0) is 15.0. The third-order valence-electron chi connectivity index (χ3n) is 2.61. The van der Waals surface area contributed by atoms with E-state index in [2.05, 4.69) is 5.32 Å². The fourth-order valence-corrected chi connectivity index (χ4v) is 1.65. The van der Waals surface area contributed by atoms with E-state index < -0.39 is 6.09 Å². The van der Waals surface area contributed by atoms with Gasteiger partial charge in [0.25, 0.3) is 0 Å². The molecule has 1 amide bonds. The summed E-state index contributed by atoms with van der Waals surface area (Å²) in [6.45, 7) is 2.69. The van der Waals surface area contributed by atoms with Gasteiger partial charge >= 0.3 is 6.09 Å². The molecule has 0 bridgehead atoms. The van der Waals surface area contributed by atoms with Crippen LogP contribution in [0.25, 0.3) is 0 Å². The number of benzene rings is 1. The summed E-state index contributed by atoms with van der Waals surface area (Å²) in [6.07, 6.45) is 0.417. The molecule has 0 fully saturated rings. The zero-order valence-electron chi connectivity index (χ0n) is 12.3. The van der Waals surface area contributed by atoms with Crippen molar-refractivity contribution >= 4 is 6.09 Å². The Balaban J connectivity index is 2.78. The highest BCUT2D eigenvalue weighted by atomic mass is 16.5. The summed E-state index contributed by atoms with van der Waals surface area (Å²) in [5.41, 5.74) is 0.756. The molecule has 20 heavy (non-hydrogen) atoms. The lowest BCUT2D eigenvalue weighted by Gasteiger charge is -2.14. The van der Waals surface area contributed by atoms with Gasteiger partial charge in [-0.3, -0.25) is 0 Å². The van der Waals surface area contributed by atoms with E-state index in [-0.39, 0.29) is 6.61 Å². The number of carbonyl (C=O) groups excluding carboxylic acids is 1. The minimum absolute atomic E-state index is 0.131. The second-order valence-corrected chi connectivity index (χ2v) is 4.04. The Morgan fingerprint density at radius 2 is 1.70 bits per heavy atom. The first kappa shape index (κ1) is 15.9. The number of hydrogen-bond acceptors (Lipinski definition) is 5. The van der Waals surface area contributed by atoms with Gasteiger partial charge in [0, 0.05) is 6.54 Å². The van der Waals surface area contributed by atoms with Crippen LogP contribution in [-0.4, -0.2) is 34.0 Å². The quantitative estimate of drug-likeness (QED) is 0.832. The third-order valence-corrected chi connectivity index (χ3v) is 2.61. The van der Waals surface area contributed by atoms with Crippen molar-refractivity contribution in [2.75, 3.05) is 27.9 Å². The number of ether oxygens (including phenoxy) is 4. The number of rotatable bonds is 7. The number of methoxy groups -OCH3 is 3. The zero-order valence-corrected chi connectivity index (χ0v) is 12.3. The Morgan fingerprint density at radius 3 is 2.15 bits per heavy atom. The van der Waals surface area contributed by atoms with Gasteiger partial charge in [0.1, 0.15) is 6.61 Å². The van der Waals surface area contributed by atoms with Crippen molar-refractivity contribution in [3.63, 3.8) is 0 Å². The average Bonchev–Trinajstić information content (AvgIpc) is 2.49. The molecule has 0 aliphatic heterocycles. The van der Waals surface area contributed by atoms with Crippen LogP contribution in [0.1, 0.15) is 18.9 Å². The smallest absolute Gasteiger partial charge is 0.407 e. The van der Waals surface area contributed by atoms with Crippen LogP contribution in [0, 0.1) is 0 Å². The Labute approximate surface area is 119 Å². The second-order valence-electron chi connectivity index (χ2n) is 4.04. The molecular weight excluding hydrogens is 262 g/mol. The molecule has 1 N–H and O–H groups in total. The van der Waals surface area contributed by atoms with Gasteiger partial charge in [-0.15, -0.1) is 0 Å². The van der Waals surface area contributed by atoms with Crippen LogP contribution < -0.4 is 19.5 Å². The summed E-state index contributed by atoms with van der Waals surface area (Å²) in [4.78, 5) is 11.4. The fourth-order valence-electron chi connectivity index (χ4n) is 1.65. The van der Waals surface area contributed by atoms with Crippen molar-refractivity contribution in [1.82, 2.24) is 5.32 Å². The summed E-state index contributed by atoms with van der Waals surface area (Å²) in [5, 5.41) is 2.63. The molecule has 0 saturated heterocycles. The summed E-state index contributed by atoms with van der Waals surface area (Å²) in [5.74, 6) is 1.56. The van der Waals surface area contributed by atoms with Gasteiger partial charge in [-0.1, -0.05) is 6.92 Å². The maximum atomic E-state index is 11.4. The van der Waals surface area contributed by atoms with Crippen LogP contribution in [-0.2, 0) is 11.3 Å². The molecule has 0 aromatic heterocycles. The molecule has 0 aliphatic rings. The van der Waals surface area contributed by atoms with Gasteiger partial charge in [0.15, 0.2) is 11.5 Å². The van der Waals surface area contributed by atoms with Gasteiger partial charge in [0.2, 0.25) is 5.75 Å². The molecular formula is C14H21NO5. The molecule has 1 aromatic rings. The van der Waals surface area contributed by atoms with Crippen LogP contribution in [0.2, 0.25) is 0 Å². The molecule has 0 saturated carbocycles. The SMILES string of the molecule is CCCNC(=O)OCc1cc(OC)c(OC)c(OC)c1. The molecule has 0 radical (unpaired) electrons. The Morgan fingerprint density at radius 1 is 1.10 bits per heavy atom. The summed E-state index contributed by atoms with van der Waals surface area (Å²) < 4.78 is 20.8. The van der Waals surface area contributed by atoms with E-state index in [1.165, 1.54) is 21.3 Å². The third kappa shape index (κ3) is 4.22. The molecule has 0 spiro atoms. The first-order valence-corrected chi connectivity index (χ1v) is 6.35. The Hall–Kier alpha value is -2.11. The molecule has 0 atom stereocenters. The van der Waals surface area contributed by atoms with Crippen LogP contribution in [0.4, 0.5) is 4.79 Å². The summed E-state index contributed by atoms with van der Waals surface area (Å²) >= 11 is 0. The van der Waals surface area contributed by atoms with Crippen LogP contribution in [0.5, 0.6) is 17.2 Å². The lowest BCUT2D eigenvalue weighted by molar-refractivity contribution is 0.139. The fraction of sp³-hybridized carbons (Fsp3) is 0.500. The van der Waals surface area contributed by atoms with E-state index in [0.29, 0.717) is 23.8 Å². The highest BCUT2D eigenvalue weighted by Gasteiger charge is 2.13. The monoisotopic (exact) mass is 283 g/mol. The molecule has 0 aliphatic carbocycles. The van der Waals surface area contributed by atoms with Crippen LogP contribution in [0.15, 0.2) is 12.1 Å². The van der Waals surface area contributed by atoms with Gasteiger partial charge in [-0.05, 0) is 24.1 Å². The first-order valence-electron chi connectivity index (χ1n) is 6.35. The number of nitrogens with one attached hydrogen (secondary N) is 1. The molecule has 6 heteroatoms. The maximum Gasteiger partial charge on any atom is 0.407 e. The molecule has 1 aromatic carbocycles. The summed E-state index contributed by atoms with van der Waals surface area (Å²) in [6, 6.07) is 3.49. The highest BCUT2D eigenvalue weighted by Crippen LogP contribution is 2.38. The molecule has 6 nitrogen and oxygen atoms in total. The van der Waals surface area contributed by atoms with E-state index in [0.717, 1.165) is 12.0 Å². The van der Waals surface area contributed by atoms with E-state index >= 15 is 0 Å². The van der Waals surface area contributed by atoms with E-state index in [4.69, 9.17) is 18.9 Å². The number of hydrogen-bond donors (Lipinski definition) is 1. The van der Waals surface area contributed by atoms with Crippen LogP contribution in [0.3, 0.4) is 0 Å². The number of amides is 1. The van der Waals surface area contributed by atoms with Gasteiger partial charge in [-0.2, -0.15) is 0 Å². The minimum Gasteiger partial charge on any atom is -0.493 e. The minimum atomic E-state index is -0.444.